The van der Waals surface area contributed by atoms with Gasteiger partial charge in [-0.3, -0.25) is 0 Å². The van der Waals surface area contributed by atoms with Crippen LogP contribution in [0.3, 0.4) is 0 Å². The van der Waals surface area contributed by atoms with Crippen molar-refractivity contribution in [2.45, 2.75) is 26.4 Å². The van der Waals surface area contributed by atoms with Gasteiger partial charge in [-0.25, -0.2) is 0 Å². The summed E-state index contributed by atoms with van der Waals surface area (Å²) in [6, 6.07) is 5.01. The van der Waals surface area contributed by atoms with Gasteiger partial charge in [0.2, 0.25) is 0 Å². The van der Waals surface area contributed by atoms with Gasteiger partial charge in [-0.2, -0.15) is 13.2 Å². The van der Waals surface area contributed by atoms with Gasteiger partial charge in [0.25, 0.3) is 0 Å². The SMILES string of the molecule is Cc1ccc(CC(F)(F)F)c(C)c1. The second-order valence-corrected chi connectivity index (χ2v) is 3.22. The van der Waals surface area contributed by atoms with Crippen LogP contribution in [0, 0.1) is 13.8 Å². The van der Waals surface area contributed by atoms with E-state index < -0.39 is 12.6 Å². The molecule has 13 heavy (non-hydrogen) atoms. The van der Waals surface area contributed by atoms with Gasteiger partial charge in [0.1, 0.15) is 0 Å². The average molecular weight is 188 g/mol. The van der Waals surface area contributed by atoms with Gasteiger partial charge >= 0.3 is 6.18 Å². The zero-order valence-corrected chi connectivity index (χ0v) is 7.57. The Morgan fingerprint density at radius 1 is 1.15 bits per heavy atom. The Balaban J connectivity index is 2.90. The van der Waals surface area contributed by atoms with Crippen LogP contribution in [0.2, 0.25) is 0 Å². The molecule has 0 aromatic heterocycles. The van der Waals surface area contributed by atoms with Gasteiger partial charge < -0.3 is 0 Å². The topological polar surface area (TPSA) is 0 Å². The normalized spacial score (nSPS) is 11.8. The van der Waals surface area contributed by atoms with Crippen molar-refractivity contribution in [2.24, 2.45) is 0 Å². The second kappa shape index (κ2) is 3.40. The lowest BCUT2D eigenvalue weighted by atomic mass is 10.0. The maximum absolute atomic E-state index is 12.0. The Morgan fingerprint density at radius 2 is 1.77 bits per heavy atom. The molecule has 1 rings (SSSR count). The molecule has 1 aromatic rings. The van der Waals surface area contributed by atoms with Crippen molar-refractivity contribution in [3.8, 4) is 0 Å². The van der Waals surface area contributed by atoms with Crippen LogP contribution in [-0.2, 0) is 6.42 Å². The number of benzene rings is 1. The van der Waals surface area contributed by atoms with E-state index in [1.165, 1.54) is 6.07 Å². The molecule has 0 N–H and O–H groups in total. The number of alkyl halides is 3. The third-order valence-electron chi connectivity index (χ3n) is 1.89. The molecular formula is C10H11F3. The summed E-state index contributed by atoms with van der Waals surface area (Å²) in [4.78, 5) is 0. The van der Waals surface area contributed by atoms with E-state index in [9.17, 15) is 13.2 Å². The molecular weight excluding hydrogens is 177 g/mol. The van der Waals surface area contributed by atoms with E-state index in [4.69, 9.17) is 0 Å². The summed E-state index contributed by atoms with van der Waals surface area (Å²) < 4.78 is 36.1. The van der Waals surface area contributed by atoms with E-state index in [-0.39, 0.29) is 0 Å². The number of halogens is 3. The van der Waals surface area contributed by atoms with Crippen LogP contribution in [0.1, 0.15) is 16.7 Å². The molecule has 0 atom stereocenters. The van der Waals surface area contributed by atoms with Crippen LogP contribution in [0.5, 0.6) is 0 Å². The highest BCUT2D eigenvalue weighted by molar-refractivity contribution is 5.30. The minimum absolute atomic E-state index is 0.359. The van der Waals surface area contributed by atoms with E-state index in [2.05, 4.69) is 0 Å². The van der Waals surface area contributed by atoms with E-state index in [1.807, 2.05) is 6.92 Å². The predicted octanol–water partition coefficient (Wildman–Crippen LogP) is 3.41. The Morgan fingerprint density at radius 3 is 2.23 bits per heavy atom. The summed E-state index contributed by atoms with van der Waals surface area (Å²) in [6.07, 6.45) is -4.95. The molecule has 0 unspecified atom stereocenters. The summed E-state index contributed by atoms with van der Waals surface area (Å²) in [7, 11) is 0. The molecule has 0 spiro atoms. The van der Waals surface area contributed by atoms with Crippen LogP contribution >= 0.6 is 0 Å². The van der Waals surface area contributed by atoms with E-state index >= 15 is 0 Å². The smallest absolute Gasteiger partial charge is 0.171 e. The molecule has 0 aliphatic heterocycles. The maximum atomic E-state index is 12.0. The quantitative estimate of drug-likeness (QED) is 0.633. The van der Waals surface area contributed by atoms with Gasteiger partial charge in [-0.05, 0) is 25.0 Å². The number of hydrogen-bond acceptors (Lipinski definition) is 0. The Kier molecular flexibility index (Phi) is 2.64. The van der Waals surface area contributed by atoms with Crippen LogP contribution in [0.25, 0.3) is 0 Å². The first kappa shape index (κ1) is 10.1. The molecule has 0 aliphatic rings. The lowest BCUT2D eigenvalue weighted by molar-refractivity contribution is -0.127. The van der Waals surface area contributed by atoms with Crippen LogP contribution in [-0.4, -0.2) is 6.18 Å². The lowest BCUT2D eigenvalue weighted by Crippen LogP contribution is -2.12. The molecule has 0 radical (unpaired) electrons. The molecule has 0 saturated heterocycles. The fourth-order valence-corrected chi connectivity index (χ4v) is 1.26. The molecule has 72 valence electrons. The Bertz CT molecular complexity index is 300. The van der Waals surface area contributed by atoms with Crippen LogP contribution < -0.4 is 0 Å². The standard InChI is InChI=1S/C10H11F3/c1-7-3-4-9(8(2)5-7)6-10(11,12)13/h3-5H,6H2,1-2H3. The van der Waals surface area contributed by atoms with Gasteiger partial charge in [0.05, 0.1) is 6.42 Å². The summed E-state index contributed by atoms with van der Waals surface area (Å²) in [5, 5.41) is 0. The molecule has 0 fully saturated rings. The van der Waals surface area contributed by atoms with Gasteiger partial charge in [0.15, 0.2) is 0 Å². The van der Waals surface area contributed by atoms with Gasteiger partial charge in [0, 0.05) is 0 Å². The minimum atomic E-state index is -4.11. The summed E-state index contributed by atoms with van der Waals surface area (Å²) >= 11 is 0. The first-order chi connectivity index (χ1) is 5.88. The number of hydrogen-bond donors (Lipinski definition) is 0. The summed E-state index contributed by atoms with van der Waals surface area (Å²) in [5.41, 5.74) is 2.05. The van der Waals surface area contributed by atoms with Crippen molar-refractivity contribution in [3.05, 3.63) is 34.9 Å². The molecule has 0 heterocycles. The van der Waals surface area contributed by atoms with Gasteiger partial charge in [-0.15, -0.1) is 0 Å². The molecule has 0 saturated carbocycles. The van der Waals surface area contributed by atoms with E-state index in [0.29, 0.717) is 11.1 Å². The average Bonchev–Trinajstić information content (AvgIpc) is 1.93. The lowest BCUT2D eigenvalue weighted by Gasteiger charge is -2.09. The summed E-state index contributed by atoms with van der Waals surface area (Å²) in [6.45, 7) is 3.57. The molecule has 1 aromatic carbocycles. The van der Waals surface area contributed by atoms with Crippen molar-refractivity contribution in [2.75, 3.05) is 0 Å². The van der Waals surface area contributed by atoms with Crippen LogP contribution in [0.15, 0.2) is 18.2 Å². The first-order valence-electron chi connectivity index (χ1n) is 4.01. The maximum Gasteiger partial charge on any atom is 0.393 e. The highest BCUT2D eigenvalue weighted by Crippen LogP contribution is 2.23. The first-order valence-corrected chi connectivity index (χ1v) is 4.01. The molecule has 0 nitrogen and oxygen atoms in total. The van der Waals surface area contributed by atoms with Crippen molar-refractivity contribution in [3.63, 3.8) is 0 Å². The number of rotatable bonds is 1. The Labute approximate surface area is 75.4 Å². The van der Waals surface area contributed by atoms with Crippen LogP contribution in [0.4, 0.5) is 13.2 Å². The van der Waals surface area contributed by atoms with Crippen molar-refractivity contribution < 1.29 is 13.2 Å². The second-order valence-electron chi connectivity index (χ2n) is 3.22. The molecule has 3 heteroatoms. The van der Waals surface area contributed by atoms with Gasteiger partial charge in [-0.1, -0.05) is 23.8 Å². The highest BCUT2D eigenvalue weighted by Gasteiger charge is 2.28. The molecule has 0 amide bonds. The summed E-state index contributed by atoms with van der Waals surface area (Å²) in [5.74, 6) is 0. The highest BCUT2D eigenvalue weighted by atomic mass is 19.4. The largest absolute Gasteiger partial charge is 0.393 e. The molecule has 0 aliphatic carbocycles. The third kappa shape index (κ3) is 3.09. The fourth-order valence-electron chi connectivity index (χ4n) is 1.26. The fraction of sp³-hybridized carbons (Fsp3) is 0.400. The monoisotopic (exact) mass is 188 g/mol. The zero-order chi connectivity index (χ0) is 10.1. The molecule has 0 bridgehead atoms. The minimum Gasteiger partial charge on any atom is -0.171 e. The van der Waals surface area contributed by atoms with E-state index in [1.54, 1.807) is 19.1 Å². The zero-order valence-electron chi connectivity index (χ0n) is 7.57. The van der Waals surface area contributed by atoms with Crippen molar-refractivity contribution >= 4 is 0 Å². The van der Waals surface area contributed by atoms with Crippen molar-refractivity contribution in [1.29, 1.82) is 0 Å². The predicted molar refractivity (Wildman–Crippen MR) is 45.7 cm³/mol. The van der Waals surface area contributed by atoms with E-state index in [0.717, 1.165) is 5.56 Å². The van der Waals surface area contributed by atoms with Crippen molar-refractivity contribution in [1.82, 2.24) is 0 Å². The number of aryl methyl sites for hydroxylation is 2. The third-order valence-corrected chi connectivity index (χ3v) is 1.89. The Hall–Kier alpha value is -0.990.